The van der Waals surface area contributed by atoms with Crippen molar-refractivity contribution in [2.45, 2.75) is 20.8 Å². The van der Waals surface area contributed by atoms with Crippen LogP contribution in [0.25, 0.3) is 5.57 Å². The Morgan fingerprint density at radius 2 is 1.59 bits per heavy atom. The Labute approximate surface area is 198 Å². The van der Waals surface area contributed by atoms with E-state index < -0.39 is 11.8 Å². The number of imide groups is 1. The molecule has 1 aliphatic rings. The quantitative estimate of drug-likeness (QED) is 0.528. The van der Waals surface area contributed by atoms with Crippen molar-refractivity contribution in [2.75, 3.05) is 22.6 Å². The van der Waals surface area contributed by atoms with Gasteiger partial charge < -0.3 is 15.4 Å². The van der Waals surface area contributed by atoms with Gasteiger partial charge >= 0.3 is 0 Å². The van der Waals surface area contributed by atoms with Crippen molar-refractivity contribution in [3.63, 3.8) is 0 Å². The molecule has 1 aliphatic heterocycles. The molecule has 0 fully saturated rings. The number of nitrogens with zero attached hydrogens (tertiary/aromatic N) is 1. The molecule has 34 heavy (non-hydrogen) atoms. The first-order chi connectivity index (χ1) is 16.3. The third kappa shape index (κ3) is 4.15. The van der Waals surface area contributed by atoms with Gasteiger partial charge in [0, 0.05) is 12.6 Å². The van der Waals surface area contributed by atoms with E-state index in [9.17, 15) is 14.4 Å². The molecule has 3 aromatic carbocycles. The van der Waals surface area contributed by atoms with Crippen LogP contribution in [0.4, 0.5) is 17.1 Å². The average Bonchev–Trinajstić information content (AvgIpc) is 3.05. The van der Waals surface area contributed by atoms with E-state index in [1.807, 2.05) is 38.1 Å². The zero-order valence-corrected chi connectivity index (χ0v) is 19.4. The highest BCUT2D eigenvalue weighted by Gasteiger charge is 2.41. The van der Waals surface area contributed by atoms with Gasteiger partial charge in [-0.3, -0.25) is 14.4 Å². The van der Waals surface area contributed by atoms with Gasteiger partial charge in [0.1, 0.15) is 11.4 Å². The highest BCUT2D eigenvalue weighted by Crippen LogP contribution is 2.37. The van der Waals surface area contributed by atoms with Crippen LogP contribution < -0.4 is 20.3 Å². The van der Waals surface area contributed by atoms with Crippen molar-refractivity contribution in [1.29, 1.82) is 0 Å². The van der Waals surface area contributed by atoms with Crippen molar-refractivity contribution in [1.82, 2.24) is 0 Å². The Bertz CT molecular complexity index is 1330. The predicted octanol–water partition coefficient (Wildman–Crippen LogP) is 4.67. The molecule has 0 spiro atoms. The predicted molar refractivity (Wildman–Crippen MR) is 133 cm³/mol. The molecule has 0 saturated heterocycles. The number of rotatable bonds is 6. The number of carbonyl (C=O) groups is 3. The number of methoxy groups -OCH3 is 1. The van der Waals surface area contributed by atoms with Gasteiger partial charge in [0.25, 0.3) is 11.8 Å². The van der Waals surface area contributed by atoms with Crippen molar-refractivity contribution >= 4 is 40.4 Å². The molecule has 7 heteroatoms. The van der Waals surface area contributed by atoms with Crippen LogP contribution in [0.15, 0.2) is 72.4 Å². The maximum Gasteiger partial charge on any atom is 0.282 e. The van der Waals surface area contributed by atoms with Gasteiger partial charge in [-0.15, -0.1) is 0 Å². The SMILES string of the molecule is COc1ccccc1NC1=C(c2ccc(NC(C)=O)cc2)C(=O)N(c2cccc(C)c2C)C1=O. The number of ether oxygens (including phenoxy) is 1. The molecule has 0 aromatic heterocycles. The zero-order chi connectivity index (χ0) is 24.4. The largest absolute Gasteiger partial charge is 0.495 e. The molecule has 0 radical (unpaired) electrons. The van der Waals surface area contributed by atoms with E-state index in [0.29, 0.717) is 28.4 Å². The lowest BCUT2D eigenvalue weighted by Crippen LogP contribution is -2.33. The highest BCUT2D eigenvalue weighted by atomic mass is 16.5. The summed E-state index contributed by atoms with van der Waals surface area (Å²) in [6, 6.07) is 19.5. The number of hydrogen-bond acceptors (Lipinski definition) is 5. The van der Waals surface area contributed by atoms with E-state index in [1.54, 1.807) is 49.6 Å². The molecular formula is C27H25N3O4. The lowest BCUT2D eigenvalue weighted by molar-refractivity contribution is -0.120. The van der Waals surface area contributed by atoms with Crippen molar-refractivity contribution in [3.05, 3.63) is 89.1 Å². The maximum atomic E-state index is 13.7. The van der Waals surface area contributed by atoms with Crippen molar-refractivity contribution < 1.29 is 19.1 Å². The molecule has 1 heterocycles. The van der Waals surface area contributed by atoms with Crippen LogP contribution in [0.2, 0.25) is 0 Å². The smallest absolute Gasteiger partial charge is 0.282 e. The first-order valence-electron chi connectivity index (χ1n) is 10.8. The number of amides is 3. The minimum Gasteiger partial charge on any atom is -0.495 e. The van der Waals surface area contributed by atoms with Gasteiger partial charge in [-0.2, -0.15) is 0 Å². The fourth-order valence-electron chi connectivity index (χ4n) is 3.92. The average molecular weight is 456 g/mol. The molecule has 2 N–H and O–H groups in total. The Balaban J connectivity index is 1.84. The summed E-state index contributed by atoms with van der Waals surface area (Å²) >= 11 is 0. The summed E-state index contributed by atoms with van der Waals surface area (Å²) in [5.41, 5.74) is 4.48. The van der Waals surface area contributed by atoms with Crippen LogP contribution in [0.5, 0.6) is 5.75 Å². The molecule has 4 rings (SSSR count). The number of benzene rings is 3. The molecule has 3 aromatic rings. The normalized spacial score (nSPS) is 13.4. The zero-order valence-electron chi connectivity index (χ0n) is 19.4. The number of aryl methyl sites for hydroxylation is 1. The summed E-state index contributed by atoms with van der Waals surface area (Å²) in [6.45, 7) is 5.25. The first kappa shape index (κ1) is 22.8. The molecule has 0 atom stereocenters. The third-order valence-corrected chi connectivity index (χ3v) is 5.76. The maximum absolute atomic E-state index is 13.7. The molecule has 0 saturated carbocycles. The summed E-state index contributed by atoms with van der Waals surface area (Å²) in [5.74, 6) is -0.534. The highest BCUT2D eigenvalue weighted by molar-refractivity contribution is 6.46. The van der Waals surface area contributed by atoms with Crippen LogP contribution in [0.1, 0.15) is 23.6 Å². The van der Waals surface area contributed by atoms with E-state index in [4.69, 9.17) is 4.74 Å². The summed E-state index contributed by atoms with van der Waals surface area (Å²) in [6.07, 6.45) is 0. The number of anilines is 3. The van der Waals surface area contributed by atoms with Gasteiger partial charge in [-0.25, -0.2) is 4.90 Å². The monoisotopic (exact) mass is 455 g/mol. The molecule has 7 nitrogen and oxygen atoms in total. The van der Waals surface area contributed by atoms with E-state index >= 15 is 0 Å². The number of nitrogens with one attached hydrogen (secondary N) is 2. The Hall–Kier alpha value is -4.39. The molecule has 3 amide bonds. The second kappa shape index (κ2) is 9.23. The molecule has 0 aliphatic carbocycles. The molecule has 172 valence electrons. The lowest BCUT2D eigenvalue weighted by Gasteiger charge is -2.19. The number of carbonyl (C=O) groups excluding carboxylic acids is 3. The standard InChI is InChI=1S/C27H25N3O4/c1-16-8-7-10-22(17(16)2)30-26(32)24(19-12-14-20(15-13-19)28-18(3)31)25(27(30)33)29-21-9-5-6-11-23(21)34-4/h5-15,29H,1-4H3,(H,28,31). The van der Waals surface area contributed by atoms with E-state index in [0.717, 1.165) is 11.1 Å². The van der Waals surface area contributed by atoms with Crippen LogP contribution in [0.3, 0.4) is 0 Å². The minimum atomic E-state index is -0.453. The third-order valence-electron chi connectivity index (χ3n) is 5.76. The minimum absolute atomic E-state index is 0.155. The van der Waals surface area contributed by atoms with Crippen molar-refractivity contribution in [2.24, 2.45) is 0 Å². The van der Waals surface area contributed by atoms with E-state index in [2.05, 4.69) is 10.6 Å². The van der Waals surface area contributed by atoms with Crippen LogP contribution in [-0.2, 0) is 14.4 Å². The molecule has 0 bridgehead atoms. The Morgan fingerprint density at radius 3 is 2.26 bits per heavy atom. The summed E-state index contributed by atoms with van der Waals surface area (Å²) < 4.78 is 5.42. The molecular weight excluding hydrogens is 430 g/mol. The van der Waals surface area contributed by atoms with Gasteiger partial charge in [-0.1, -0.05) is 36.4 Å². The van der Waals surface area contributed by atoms with E-state index in [1.165, 1.54) is 11.8 Å². The second-order valence-electron chi connectivity index (χ2n) is 8.00. The molecule has 0 unspecified atom stereocenters. The second-order valence-corrected chi connectivity index (χ2v) is 8.00. The fourth-order valence-corrected chi connectivity index (χ4v) is 3.92. The summed E-state index contributed by atoms with van der Waals surface area (Å²) in [5, 5.41) is 5.85. The van der Waals surface area contributed by atoms with Gasteiger partial charge in [0.15, 0.2) is 0 Å². The lowest BCUT2D eigenvalue weighted by atomic mass is 10.0. The number of para-hydroxylation sites is 2. The van der Waals surface area contributed by atoms with Crippen LogP contribution in [0, 0.1) is 13.8 Å². The van der Waals surface area contributed by atoms with Crippen LogP contribution >= 0.6 is 0 Å². The Kier molecular flexibility index (Phi) is 6.19. The fraction of sp³-hybridized carbons (Fsp3) is 0.148. The van der Waals surface area contributed by atoms with Gasteiger partial charge in [0.2, 0.25) is 5.91 Å². The first-order valence-corrected chi connectivity index (χ1v) is 10.8. The van der Waals surface area contributed by atoms with E-state index in [-0.39, 0.29) is 17.2 Å². The van der Waals surface area contributed by atoms with Crippen molar-refractivity contribution in [3.8, 4) is 5.75 Å². The van der Waals surface area contributed by atoms with Gasteiger partial charge in [0.05, 0.1) is 24.1 Å². The number of hydrogen-bond donors (Lipinski definition) is 2. The topological polar surface area (TPSA) is 87.7 Å². The summed E-state index contributed by atoms with van der Waals surface area (Å²) in [4.78, 5) is 40.0. The van der Waals surface area contributed by atoms with Gasteiger partial charge in [-0.05, 0) is 60.9 Å². The summed E-state index contributed by atoms with van der Waals surface area (Å²) in [7, 11) is 1.54. The Morgan fingerprint density at radius 1 is 0.882 bits per heavy atom. The van der Waals surface area contributed by atoms with Crippen LogP contribution in [-0.4, -0.2) is 24.8 Å².